The number of benzene rings is 1. The number of imidazole rings is 1. The van der Waals surface area contributed by atoms with Gasteiger partial charge < -0.3 is 8.75 Å². The fraction of sp³-hybridized carbons (Fsp3) is 0.444. The quantitative estimate of drug-likeness (QED) is 0.380. The van der Waals surface area contributed by atoms with Crippen LogP contribution in [0.3, 0.4) is 0 Å². The van der Waals surface area contributed by atoms with E-state index >= 15 is 0 Å². The number of carbonyl (C=O) groups is 1. The molecule has 0 spiro atoms. The lowest BCUT2D eigenvalue weighted by Crippen LogP contribution is -2.06. The van der Waals surface area contributed by atoms with Crippen LogP contribution < -0.4 is 0 Å². The molecule has 7 heteroatoms. The second-order valence-electron chi connectivity index (χ2n) is 5.63. The van der Waals surface area contributed by atoms with E-state index in [-0.39, 0.29) is 15.5 Å². The Morgan fingerprint density at radius 1 is 1.28 bits per heavy atom. The molecule has 1 atom stereocenters. The summed E-state index contributed by atoms with van der Waals surface area (Å²) in [5.74, 6) is -0.286. The average Bonchev–Trinajstić information content (AvgIpc) is 3.11. The van der Waals surface area contributed by atoms with E-state index in [1.165, 1.54) is 36.7 Å². The zero-order valence-corrected chi connectivity index (χ0v) is 15.9. The molecule has 136 valence electrons. The van der Waals surface area contributed by atoms with E-state index in [2.05, 4.69) is 11.9 Å². The molecule has 0 fully saturated rings. The summed E-state index contributed by atoms with van der Waals surface area (Å²) in [4.78, 5) is 16.2. The fourth-order valence-electron chi connectivity index (χ4n) is 2.29. The Morgan fingerprint density at radius 3 is 2.76 bits per heavy atom. The number of nitrogens with zero attached hydrogens (tertiary/aromatic N) is 2. The zero-order valence-electron chi connectivity index (χ0n) is 14.3. The number of unbranched alkanes of at least 4 members (excludes halogenated alkanes) is 3. The van der Waals surface area contributed by atoms with Gasteiger partial charge in [-0.1, -0.05) is 50.1 Å². The minimum absolute atomic E-state index is 0.0927. The van der Waals surface area contributed by atoms with Crippen LogP contribution in [0.15, 0.2) is 43.0 Å². The summed E-state index contributed by atoms with van der Waals surface area (Å²) < 4.78 is 20.4. The lowest BCUT2D eigenvalue weighted by atomic mass is 10.1. The Morgan fingerprint density at radius 2 is 2.08 bits per heavy atom. The van der Waals surface area contributed by atoms with Gasteiger partial charge in [0.05, 0.1) is 30.2 Å². The normalized spacial score (nSPS) is 12.2. The first kappa shape index (κ1) is 20.0. The Balaban J connectivity index is 1.87. The van der Waals surface area contributed by atoms with Crippen molar-refractivity contribution >= 4 is 28.3 Å². The summed E-state index contributed by atoms with van der Waals surface area (Å²) in [5, 5.41) is -0.126. The lowest BCUT2D eigenvalue weighted by molar-refractivity contribution is 0.273. The molecule has 0 amide bonds. The topological polar surface area (TPSA) is 44.1 Å². The molecule has 0 N–H and O–H groups in total. The van der Waals surface area contributed by atoms with E-state index in [1.54, 1.807) is 24.7 Å². The first-order valence-electron chi connectivity index (χ1n) is 8.40. The van der Waals surface area contributed by atoms with Crippen molar-refractivity contribution in [3.8, 4) is 0 Å². The lowest BCUT2D eigenvalue weighted by Gasteiger charge is -2.16. The van der Waals surface area contributed by atoms with Crippen molar-refractivity contribution in [1.82, 2.24) is 9.55 Å². The molecule has 4 nitrogen and oxygen atoms in total. The third kappa shape index (κ3) is 7.63. The fourth-order valence-corrected chi connectivity index (χ4v) is 4.01. The van der Waals surface area contributed by atoms with Crippen LogP contribution in [0.4, 0.5) is 9.18 Å². The maximum atomic E-state index is 13.2. The molecule has 2 aromatic rings. The van der Waals surface area contributed by atoms with Gasteiger partial charge in [-0.3, -0.25) is 4.79 Å². The number of hydrogen-bond acceptors (Lipinski definition) is 5. The van der Waals surface area contributed by atoms with Gasteiger partial charge in [0.2, 0.25) is 0 Å². The SMILES string of the molecule is CCCCCCOSC(=O)SC(Cn1ccnc1)c1ccc(F)cc1. The number of halogens is 1. The van der Waals surface area contributed by atoms with E-state index < -0.39 is 0 Å². The zero-order chi connectivity index (χ0) is 17.9. The second-order valence-corrected chi connectivity index (χ2v) is 7.84. The molecule has 0 aliphatic heterocycles. The van der Waals surface area contributed by atoms with Crippen LogP contribution >= 0.6 is 23.8 Å². The van der Waals surface area contributed by atoms with Crippen molar-refractivity contribution < 1.29 is 13.4 Å². The molecule has 0 saturated carbocycles. The molecule has 0 bridgehead atoms. The molecule has 0 aliphatic carbocycles. The molecule has 0 aliphatic rings. The molecule has 0 radical (unpaired) electrons. The van der Waals surface area contributed by atoms with Crippen LogP contribution in [0.2, 0.25) is 0 Å². The van der Waals surface area contributed by atoms with Gasteiger partial charge in [-0.15, -0.1) is 0 Å². The highest BCUT2D eigenvalue weighted by Gasteiger charge is 2.19. The Bertz CT molecular complexity index is 621. The number of rotatable bonds is 10. The van der Waals surface area contributed by atoms with Crippen molar-refractivity contribution in [2.75, 3.05) is 6.61 Å². The molecule has 0 saturated heterocycles. The third-order valence-corrected chi connectivity index (χ3v) is 5.44. The van der Waals surface area contributed by atoms with Crippen LogP contribution in [0.25, 0.3) is 0 Å². The minimum Gasteiger partial charge on any atom is -0.336 e. The Hall–Kier alpha value is -1.31. The molecule has 1 unspecified atom stereocenters. The van der Waals surface area contributed by atoms with Gasteiger partial charge in [-0.2, -0.15) is 0 Å². The van der Waals surface area contributed by atoms with Crippen molar-refractivity contribution in [3.05, 3.63) is 54.4 Å². The van der Waals surface area contributed by atoms with E-state index in [9.17, 15) is 9.18 Å². The monoisotopic (exact) mass is 382 g/mol. The maximum absolute atomic E-state index is 13.2. The van der Waals surface area contributed by atoms with Crippen LogP contribution in [-0.4, -0.2) is 20.6 Å². The number of aromatic nitrogens is 2. The average molecular weight is 383 g/mol. The summed E-state index contributed by atoms with van der Waals surface area (Å²) in [6.07, 6.45) is 9.70. The number of carbonyl (C=O) groups excluding carboxylic acids is 1. The third-order valence-electron chi connectivity index (χ3n) is 3.62. The van der Waals surface area contributed by atoms with Gasteiger partial charge in [0, 0.05) is 18.9 Å². The smallest absolute Gasteiger partial charge is 0.273 e. The molecule has 1 heterocycles. The predicted molar refractivity (Wildman–Crippen MR) is 102 cm³/mol. The standard InChI is InChI=1S/C18H23FN2O2S2/c1-2-3-4-5-12-23-25-18(22)24-17(13-21-11-10-20-14-21)15-6-8-16(19)9-7-15/h6-11,14,17H,2-5,12-13H2,1H3. The van der Waals surface area contributed by atoms with Crippen LogP contribution in [0, 0.1) is 5.82 Å². The summed E-state index contributed by atoms with van der Waals surface area (Å²) >= 11 is 2.10. The molecular weight excluding hydrogens is 359 g/mol. The Kier molecular flexibility index (Phi) is 9.07. The molecule has 2 rings (SSSR count). The first-order chi connectivity index (χ1) is 12.2. The van der Waals surface area contributed by atoms with E-state index in [0.717, 1.165) is 30.4 Å². The van der Waals surface area contributed by atoms with Gasteiger partial charge in [0.15, 0.2) is 0 Å². The van der Waals surface area contributed by atoms with E-state index in [1.807, 2.05) is 10.8 Å². The highest BCUT2D eigenvalue weighted by atomic mass is 32.2. The maximum Gasteiger partial charge on any atom is 0.273 e. The summed E-state index contributed by atoms with van der Waals surface area (Å²) in [6.45, 7) is 3.32. The molecule has 25 heavy (non-hydrogen) atoms. The van der Waals surface area contributed by atoms with Gasteiger partial charge >= 0.3 is 0 Å². The largest absolute Gasteiger partial charge is 0.336 e. The highest BCUT2D eigenvalue weighted by molar-refractivity contribution is 8.36. The van der Waals surface area contributed by atoms with Gasteiger partial charge in [-0.25, -0.2) is 9.37 Å². The van der Waals surface area contributed by atoms with E-state index in [4.69, 9.17) is 4.18 Å². The summed E-state index contributed by atoms with van der Waals surface area (Å²) in [6, 6.07) is 6.26. The second kappa shape index (κ2) is 11.3. The van der Waals surface area contributed by atoms with Gasteiger partial charge in [0.25, 0.3) is 4.45 Å². The van der Waals surface area contributed by atoms with Crippen LogP contribution in [0.1, 0.15) is 43.4 Å². The summed E-state index contributed by atoms with van der Waals surface area (Å²) in [5.41, 5.74) is 0.900. The predicted octanol–water partition coefficient (Wildman–Crippen LogP) is 5.86. The molecular formula is C18H23FN2O2S2. The molecule has 1 aromatic heterocycles. The van der Waals surface area contributed by atoms with Crippen molar-refractivity contribution in [2.45, 2.75) is 44.4 Å². The van der Waals surface area contributed by atoms with Crippen molar-refractivity contribution in [3.63, 3.8) is 0 Å². The highest BCUT2D eigenvalue weighted by Crippen LogP contribution is 2.35. The Labute approximate surface area is 156 Å². The van der Waals surface area contributed by atoms with Crippen LogP contribution in [-0.2, 0) is 10.7 Å². The van der Waals surface area contributed by atoms with Crippen molar-refractivity contribution in [1.29, 1.82) is 0 Å². The van der Waals surface area contributed by atoms with E-state index in [0.29, 0.717) is 13.2 Å². The van der Waals surface area contributed by atoms with Crippen LogP contribution in [0.5, 0.6) is 0 Å². The number of thioether (sulfide) groups is 1. The molecule has 1 aromatic carbocycles. The minimum atomic E-state index is -0.286. The van der Waals surface area contributed by atoms with Gasteiger partial charge in [0.1, 0.15) is 5.82 Å². The van der Waals surface area contributed by atoms with Crippen molar-refractivity contribution in [2.24, 2.45) is 0 Å². The van der Waals surface area contributed by atoms with Gasteiger partial charge in [-0.05, 0) is 24.1 Å². The number of hydrogen-bond donors (Lipinski definition) is 0. The first-order valence-corrected chi connectivity index (χ1v) is 10.0. The summed E-state index contributed by atoms with van der Waals surface area (Å²) in [7, 11) is 0.